The van der Waals surface area contributed by atoms with E-state index in [1.54, 1.807) is 12.1 Å². The van der Waals surface area contributed by atoms with Crippen molar-refractivity contribution in [2.24, 2.45) is 0 Å². The maximum Gasteiger partial charge on any atom is 0.335 e. The first-order valence-electron chi connectivity index (χ1n) is 6.83. The molecule has 1 aromatic rings. The second kappa shape index (κ2) is 8.48. The van der Waals surface area contributed by atoms with Crippen LogP contribution < -0.4 is 5.32 Å². The molecule has 1 rings (SSSR count). The highest BCUT2D eigenvalue weighted by atomic mass is 16.4. The SMILES string of the molecule is C=CCCC(CCC)NCc1ccc(C(=O)O)cc1. The molecule has 0 spiro atoms. The number of carboxylic acids is 1. The summed E-state index contributed by atoms with van der Waals surface area (Å²) in [5.41, 5.74) is 1.45. The Bertz CT molecular complexity index is 398. The summed E-state index contributed by atoms with van der Waals surface area (Å²) in [6, 6.07) is 7.54. The molecule has 1 unspecified atom stereocenters. The van der Waals surface area contributed by atoms with Crippen molar-refractivity contribution < 1.29 is 9.90 Å². The van der Waals surface area contributed by atoms with Crippen LogP contribution in [0.1, 0.15) is 48.5 Å². The Hall–Kier alpha value is -1.61. The molecule has 0 aliphatic rings. The molecule has 0 saturated heterocycles. The van der Waals surface area contributed by atoms with Gasteiger partial charge in [-0.25, -0.2) is 4.79 Å². The smallest absolute Gasteiger partial charge is 0.335 e. The first kappa shape index (κ1) is 15.4. The second-order valence-corrected chi connectivity index (χ2v) is 4.73. The molecule has 0 heterocycles. The Morgan fingerprint density at radius 2 is 2.05 bits per heavy atom. The normalized spacial score (nSPS) is 12.1. The van der Waals surface area contributed by atoms with Gasteiger partial charge in [-0.3, -0.25) is 0 Å². The summed E-state index contributed by atoms with van der Waals surface area (Å²) >= 11 is 0. The van der Waals surface area contributed by atoms with Gasteiger partial charge in [0.15, 0.2) is 0 Å². The molecule has 0 aliphatic carbocycles. The highest BCUT2D eigenvalue weighted by molar-refractivity contribution is 5.87. The number of rotatable bonds is 9. The van der Waals surface area contributed by atoms with Crippen LogP contribution in [0.5, 0.6) is 0 Å². The van der Waals surface area contributed by atoms with Crippen molar-refractivity contribution in [1.29, 1.82) is 0 Å². The number of allylic oxidation sites excluding steroid dienone is 1. The standard InChI is InChI=1S/C16H23NO2/c1-3-5-7-15(6-4-2)17-12-13-8-10-14(11-9-13)16(18)19/h3,8-11,15,17H,1,4-7,12H2,2H3,(H,18,19). The average molecular weight is 261 g/mol. The van der Waals surface area contributed by atoms with E-state index in [4.69, 9.17) is 5.11 Å². The zero-order valence-corrected chi connectivity index (χ0v) is 11.6. The molecule has 0 fully saturated rings. The minimum Gasteiger partial charge on any atom is -0.478 e. The number of nitrogens with one attached hydrogen (secondary N) is 1. The fraction of sp³-hybridized carbons (Fsp3) is 0.438. The molecule has 3 nitrogen and oxygen atoms in total. The van der Waals surface area contributed by atoms with Crippen molar-refractivity contribution in [3.05, 3.63) is 48.0 Å². The van der Waals surface area contributed by atoms with Crippen molar-refractivity contribution in [3.63, 3.8) is 0 Å². The van der Waals surface area contributed by atoms with Crippen LogP contribution in [0.15, 0.2) is 36.9 Å². The molecule has 1 aromatic carbocycles. The molecule has 1 atom stereocenters. The van der Waals surface area contributed by atoms with Crippen molar-refractivity contribution in [1.82, 2.24) is 5.32 Å². The van der Waals surface area contributed by atoms with Crippen LogP contribution in [0, 0.1) is 0 Å². The lowest BCUT2D eigenvalue weighted by atomic mass is 10.1. The average Bonchev–Trinajstić information content (AvgIpc) is 2.42. The predicted molar refractivity (Wildman–Crippen MR) is 78.4 cm³/mol. The topological polar surface area (TPSA) is 49.3 Å². The Kier molecular flexibility index (Phi) is 6.90. The van der Waals surface area contributed by atoms with E-state index in [9.17, 15) is 4.79 Å². The van der Waals surface area contributed by atoms with E-state index in [0.29, 0.717) is 11.6 Å². The lowest BCUT2D eigenvalue weighted by Crippen LogP contribution is -2.28. The maximum absolute atomic E-state index is 10.8. The van der Waals surface area contributed by atoms with Gasteiger partial charge in [0.25, 0.3) is 0 Å². The van der Waals surface area contributed by atoms with Gasteiger partial charge in [0, 0.05) is 12.6 Å². The van der Waals surface area contributed by atoms with E-state index >= 15 is 0 Å². The van der Waals surface area contributed by atoms with Crippen LogP contribution >= 0.6 is 0 Å². The van der Waals surface area contributed by atoms with Gasteiger partial charge in [-0.15, -0.1) is 6.58 Å². The number of hydrogen-bond donors (Lipinski definition) is 2. The first-order valence-corrected chi connectivity index (χ1v) is 6.83. The first-order chi connectivity index (χ1) is 9.17. The monoisotopic (exact) mass is 261 g/mol. The largest absolute Gasteiger partial charge is 0.478 e. The summed E-state index contributed by atoms with van der Waals surface area (Å²) in [6.45, 7) is 6.72. The van der Waals surface area contributed by atoms with Gasteiger partial charge in [0.1, 0.15) is 0 Å². The third-order valence-electron chi connectivity index (χ3n) is 3.15. The molecule has 2 N–H and O–H groups in total. The van der Waals surface area contributed by atoms with Gasteiger partial charge in [-0.2, -0.15) is 0 Å². The summed E-state index contributed by atoms with van der Waals surface area (Å²) in [4.78, 5) is 10.8. The Morgan fingerprint density at radius 1 is 1.37 bits per heavy atom. The van der Waals surface area contributed by atoms with Crippen LogP contribution in [0.25, 0.3) is 0 Å². The molecule has 0 amide bonds. The molecule has 3 heteroatoms. The summed E-state index contributed by atoms with van der Waals surface area (Å²) in [5.74, 6) is -0.880. The Balaban J connectivity index is 2.48. The van der Waals surface area contributed by atoms with E-state index in [0.717, 1.165) is 37.8 Å². The molecule has 0 aliphatic heterocycles. The van der Waals surface area contributed by atoms with Crippen LogP contribution in [0.3, 0.4) is 0 Å². The molecule has 0 aromatic heterocycles. The summed E-state index contributed by atoms with van der Waals surface area (Å²) in [7, 11) is 0. The maximum atomic E-state index is 10.8. The van der Waals surface area contributed by atoms with Gasteiger partial charge in [-0.05, 0) is 37.0 Å². The molecular formula is C16H23NO2. The highest BCUT2D eigenvalue weighted by Crippen LogP contribution is 2.08. The second-order valence-electron chi connectivity index (χ2n) is 4.73. The van der Waals surface area contributed by atoms with Crippen molar-refractivity contribution in [2.75, 3.05) is 0 Å². The van der Waals surface area contributed by atoms with E-state index < -0.39 is 5.97 Å². The van der Waals surface area contributed by atoms with E-state index in [-0.39, 0.29) is 0 Å². The van der Waals surface area contributed by atoms with Crippen LogP contribution in [0.2, 0.25) is 0 Å². The molecule has 0 bridgehead atoms. The van der Waals surface area contributed by atoms with Gasteiger partial charge >= 0.3 is 5.97 Å². The number of benzene rings is 1. The quantitative estimate of drug-likeness (QED) is 0.668. The third kappa shape index (κ3) is 5.71. The third-order valence-corrected chi connectivity index (χ3v) is 3.15. The fourth-order valence-electron chi connectivity index (χ4n) is 2.04. The lowest BCUT2D eigenvalue weighted by Gasteiger charge is -2.17. The van der Waals surface area contributed by atoms with Crippen molar-refractivity contribution in [3.8, 4) is 0 Å². The lowest BCUT2D eigenvalue weighted by molar-refractivity contribution is 0.0697. The van der Waals surface area contributed by atoms with Gasteiger partial charge in [-0.1, -0.05) is 31.6 Å². The van der Waals surface area contributed by atoms with Crippen molar-refractivity contribution in [2.45, 2.75) is 45.2 Å². The minimum absolute atomic E-state index is 0.334. The van der Waals surface area contributed by atoms with Crippen LogP contribution in [-0.4, -0.2) is 17.1 Å². The highest BCUT2D eigenvalue weighted by Gasteiger charge is 2.06. The Morgan fingerprint density at radius 3 is 2.58 bits per heavy atom. The fourth-order valence-corrected chi connectivity index (χ4v) is 2.04. The predicted octanol–water partition coefficient (Wildman–Crippen LogP) is 3.61. The molecule has 104 valence electrons. The van der Waals surface area contributed by atoms with Crippen LogP contribution in [-0.2, 0) is 6.54 Å². The van der Waals surface area contributed by atoms with Gasteiger partial charge in [0.05, 0.1) is 5.56 Å². The summed E-state index contributed by atoms with van der Waals surface area (Å²) < 4.78 is 0. The van der Waals surface area contributed by atoms with Crippen molar-refractivity contribution >= 4 is 5.97 Å². The number of carbonyl (C=O) groups is 1. The van der Waals surface area contributed by atoms with Crippen LogP contribution in [0.4, 0.5) is 0 Å². The van der Waals surface area contributed by atoms with E-state index in [1.807, 2.05) is 18.2 Å². The number of hydrogen-bond acceptors (Lipinski definition) is 2. The number of carboxylic acid groups (broad SMARTS) is 1. The summed E-state index contributed by atoms with van der Waals surface area (Å²) in [6.07, 6.45) is 6.39. The van der Waals surface area contributed by atoms with E-state index in [1.165, 1.54) is 0 Å². The Labute approximate surface area is 115 Å². The minimum atomic E-state index is -0.880. The zero-order chi connectivity index (χ0) is 14.1. The van der Waals surface area contributed by atoms with Gasteiger partial charge in [0.2, 0.25) is 0 Å². The molecule has 0 radical (unpaired) electrons. The molecule has 0 saturated carbocycles. The summed E-state index contributed by atoms with van der Waals surface area (Å²) in [5, 5.41) is 12.4. The number of aromatic carboxylic acids is 1. The van der Waals surface area contributed by atoms with Gasteiger partial charge < -0.3 is 10.4 Å². The zero-order valence-electron chi connectivity index (χ0n) is 11.6. The van der Waals surface area contributed by atoms with E-state index in [2.05, 4.69) is 18.8 Å². The molecular weight excluding hydrogens is 238 g/mol. The molecule has 19 heavy (non-hydrogen) atoms.